The van der Waals surface area contributed by atoms with Crippen molar-refractivity contribution in [1.82, 2.24) is 0 Å². The van der Waals surface area contributed by atoms with Crippen LogP contribution in [0.3, 0.4) is 0 Å². The van der Waals surface area contributed by atoms with E-state index in [2.05, 4.69) is 36.4 Å². The third kappa shape index (κ3) is 2.13. The number of rotatable bonds is 2. The summed E-state index contributed by atoms with van der Waals surface area (Å²) >= 11 is 0. The smallest absolute Gasteiger partial charge is 0.161 e. The molecule has 1 heteroatoms. The molecule has 0 atom stereocenters. The Morgan fingerprint density at radius 1 is 0.609 bits per heavy atom. The van der Waals surface area contributed by atoms with Gasteiger partial charge in [0, 0.05) is 5.56 Å². The van der Waals surface area contributed by atoms with Gasteiger partial charge in [0.1, 0.15) is 0 Å². The summed E-state index contributed by atoms with van der Waals surface area (Å²) in [7, 11) is 0. The van der Waals surface area contributed by atoms with Crippen LogP contribution in [0.1, 0.15) is 17.3 Å². The fourth-order valence-corrected chi connectivity index (χ4v) is 3.42. The number of ketones is 1. The highest BCUT2D eigenvalue weighted by Crippen LogP contribution is 2.39. The Morgan fingerprint density at radius 3 is 1.52 bits per heavy atom. The summed E-state index contributed by atoms with van der Waals surface area (Å²) in [5.74, 6) is 0.108. The number of carbonyl (C=O) groups excluding carboxylic acids is 1. The van der Waals surface area contributed by atoms with Crippen molar-refractivity contribution in [3.8, 4) is 11.1 Å². The molecule has 0 aliphatic carbocycles. The number of fused-ring (bicyclic) bond motifs is 2. The second-order valence-corrected chi connectivity index (χ2v) is 5.76. The maximum absolute atomic E-state index is 12.3. The van der Waals surface area contributed by atoms with E-state index in [0.717, 1.165) is 27.1 Å². The van der Waals surface area contributed by atoms with Crippen molar-refractivity contribution in [1.29, 1.82) is 0 Å². The molecular formula is C22H16O. The SMILES string of the molecule is CC(=O)c1c2ccccc2c(-c2ccccc2)c2ccccc12. The van der Waals surface area contributed by atoms with E-state index < -0.39 is 0 Å². The van der Waals surface area contributed by atoms with Crippen molar-refractivity contribution in [2.75, 3.05) is 0 Å². The topological polar surface area (TPSA) is 17.1 Å². The Morgan fingerprint density at radius 2 is 1.04 bits per heavy atom. The van der Waals surface area contributed by atoms with Gasteiger partial charge in [-0.15, -0.1) is 0 Å². The quantitative estimate of drug-likeness (QED) is 0.334. The van der Waals surface area contributed by atoms with Gasteiger partial charge in [-0.3, -0.25) is 4.79 Å². The molecule has 0 unspecified atom stereocenters. The van der Waals surface area contributed by atoms with Crippen LogP contribution in [-0.4, -0.2) is 5.78 Å². The molecule has 0 fully saturated rings. The van der Waals surface area contributed by atoms with Crippen LogP contribution in [0, 0.1) is 0 Å². The summed E-state index contributed by atoms with van der Waals surface area (Å²) in [6.45, 7) is 1.65. The number of hydrogen-bond donors (Lipinski definition) is 0. The van der Waals surface area contributed by atoms with E-state index in [-0.39, 0.29) is 5.78 Å². The maximum atomic E-state index is 12.3. The Kier molecular flexibility index (Phi) is 3.20. The zero-order valence-electron chi connectivity index (χ0n) is 12.9. The van der Waals surface area contributed by atoms with E-state index in [9.17, 15) is 4.79 Å². The lowest BCUT2D eigenvalue weighted by atomic mass is 9.87. The second kappa shape index (κ2) is 5.36. The lowest BCUT2D eigenvalue weighted by Gasteiger charge is -2.15. The minimum atomic E-state index is 0.108. The van der Waals surface area contributed by atoms with E-state index in [1.807, 2.05) is 42.5 Å². The molecule has 23 heavy (non-hydrogen) atoms. The lowest BCUT2D eigenvalue weighted by molar-refractivity contribution is 0.102. The molecule has 0 radical (unpaired) electrons. The highest BCUT2D eigenvalue weighted by atomic mass is 16.1. The van der Waals surface area contributed by atoms with Crippen molar-refractivity contribution in [2.24, 2.45) is 0 Å². The molecule has 0 amide bonds. The van der Waals surface area contributed by atoms with Gasteiger partial charge in [0.2, 0.25) is 0 Å². The minimum Gasteiger partial charge on any atom is -0.294 e. The first-order valence-electron chi connectivity index (χ1n) is 7.77. The van der Waals surface area contributed by atoms with Gasteiger partial charge >= 0.3 is 0 Å². The van der Waals surface area contributed by atoms with Gasteiger partial charge in [-0.25, -0.2) is 0 Å². The first-order chi connectivity index (χ1) is 11.3. The molecule has 0 aliphatic heterocycles. The minimum absolute atomic E-state index is 0.108. The fraction of sp³-hybridized carbons (Fsp3) is 0.0455. The van der Waals surface area contributed by atoms with Crippen LogP contribution in [0.25, 0.3) is 32.7 Å². The average molecular weight is 296 g/mol. The largest absolute Gasteiger partial charge is 0.294 e. The first-order valence-corrected chi connectivity index (χ1v) is 7.77. The molecule has 0 bridgehead atoms. The van der Waals surface area contributed by atoms with Crippen molar-refractivity contribution in [3.05, 3.63) is 84.4 Å². The van der Waals surface area contributed by atoms with E-state index in [0.29, 0.717) is 0 Å². The van der Waals surface area contributed by atoms with Gasteiger partial charge in [0.25, 0.3) is 0 Å². The van der Waals surface area contributed by atoms with Gasteiger partial charge in [-0.1, -0.05) is 78.9 Å². The molecule has 4 rings (SSSR count). The van der Waals surface area contributed by atoms with Gasteiger partial charge in [0.05, 0.1) is 0 Å². The molecule has 0 N–H and O–H groups in total. The van der Waals surface area contributed by atoms with Crippen molar-refractivity contribution >= 4 is 27.3 Å². The number of Topliss-reactive ketones (excluding diaryl/α,β-unsaturated/α-hetero) is 1. The summed E-state index contributed by atoms with van der Waals surface area (Å²) in [5, 5.41) is 4.31. The first kappa shape index (κ1) is 13.7. The monoisotopic (exact) mass is 296 g/mol. The summed E-state index contributed by atoms with van der Waals surface area (Å²) in [6.07, 6.45) is 0. The van der Waals surface area contributed by atoms with Crippen molar-refractivity contribution in [2.45, 2.75) is 6.92 Å². The Hall–Kier alpha value is -2.93. The van der Waals surface area contributed by atoms with Crippen LogP contribution >= 0.6 is 0 Å². The molecule has 0 spiro atoms. The van der Waals surface area contributed by atoms with Crippen molar-refractivity contribution in [3.63, 3.8) is 0 Å². The standard InChI is InChI=1S/C22H16O/c1-15(23)21-17-11-5-7-13-19(17)22(16-9-3-2-4-10-16)20-14-8-6-12-18(20)21/h2-14H,1H3. The molecule has 0 aromatic heterocycles. The number of carbonyl (C=O) groups is 1. The third-order valence-electron chi connectivity index (χ3n) is 4.35. The van der Waals surface area contributed by atoms with Crippen LogP contribution in [0.5, 0.6) is 0 Å². The average Bonchev–Trinajstić information content (AvgIpc) is 2.59. The number of benzene rings is 4. The molecular weight excluding hydrogens is 280 g/mol. The van der Waals surface area contributed by atoms with Crippen LogP contribution < -0.4 is 0 Å². The molecule has 0 aliphatic rings. The molecule has 110 valence electrons. The summed E-state index contributed by atoms with van der Waals surface area (Å²) in [6, 6.07) is 26.8. The molecule has 1 nitrogen and oxygen atoms in total. The van der Waals surface area contributed by atoms with Crippen LogP contribution in [0.2, 0.25) is 0 Å². The molecule has 0 saturated carbocycles. The summed E-state index contributed by atoms with van der Waals surface area (Å²) < 4.78 is 0. The van der Waals surface area contributed by atoms with E-state index in [4.69, 9.17) is 0 Å². The Labute approximate surface area is 135 Å². The predicted octanol–water partition coefficient (Wildman–Crippen LogP) is 5.86. The third-order valence-corrected chi connectivity index (χ3v) is 4.35. The molecule has 4 aromatic carbocycles. The highest BCUT2D eigenvalue weighted by molar-refractivity contribution is 6.24. The fourth-order valence-electron chi connectivity index (χ4n) is 3.42. The van der Waals surface area contributed by atoms with Crippen LogP contribution in [0.15, 0.2) is 78.9 Å². The normalized spacial score (nSPS) is 11.0. The lowest BCUT2D eigenvalue weighted by Crippen LogP contribution is -1.98. The van der Waals surface area contributed by atoms with Gasteiger partial charge in [0.15, 0.2) is 5.78 Å². The predicted molar refractivity (Wildman–Crippen MR) is 96.9 cm³/mol. The highest BCUT2D eigenvalue weighted by Gasteiger charge is 2.16. The zero-order valence-corrected chi connectivity index (χ0v) is 12.9. The van der Waals surface area contributed by atoms with Gasteiger partial charge in [-0.2, -0.15) is 0 Å². The summed E-state index contributed by atoms with van der Waals surface area (Å²) in [5.41, 5.74) is 3.19. The maximum Gasteiger partial charge on any atom is 0.161 e. The Bertz CT molecular complexity index is 973. The van der Waals surface area contributed by atoms with Crippen molar-refractivity contribution < 1.29 is 4.79 Å². The summed E-state index contributed by atoms with van der Waals surface area (Å²) in [4.78, 5) is 12.3. The van der Waals surface area contributed by atoms with Gasteiger partial charge in [-0.05, 0) is 39.6 Å². The second-order valence-electron chi connectivity index (χ2n) is 5.76. The van der Waals surface area contributed by atoms with Crippen LogP contribution in [0.4, 0.5) is 0 Å². The van der Waals surface area contributed by atoms with Crippen LogP contribution in [-0.2, 0) is 0 Å². The molecule has 0 heterocycles. The molecule has 4 aromatic rings. The van der Waals surface area contributed by atoms with E-state index in [1.165, 1.54) is 11.1 Å². The zero-order chi connectivity index (χ0) is 15.8. The Balaban J connectivity index is 2.30. The number of hydrogen-bond acceptors (Lipinski definition) is 1. The van der Waals surface area contributed by atoms with Gasteiger partial charge < -0.3 is 0 Å². The van der Waals surface area contributed by atoms with E-state index in [1.54, 1.807) is 6.92 Å². The van der Waals surface area contributed by atoms with E-state index >= 15 is 0 Å². The molecule has 0 saturated heterocycles.